The Balaban J connectivity index is 4.10. The van der Waals surface area contributed by atoms with Gasteiger partial charge in [-0.2, -0.15) is 0 Å². The summed E-state index contributed by atoms with van der Waals surface area (Å²) in [7, 11) is 2.10. The Morgan fingerprint density at radius 3 is 1.86 bits per heavy atom. The van der Waals surface area contributed by atoms with Crippen LogP contribution < -0.4 is 0 Å². The molecule has 0 fully saturated rings. The van der Waals surface area contributed by atoms with Crippen LogP contribution in [-0.2, 0) is 0 Å². The van der Waals surface area contributed by atoms with E-state index in [4.69, 9.17) is 0 Å². The molecule has 0 aromatic carbocycles. The van der Waals surface area contributed by atoms with E-state index in [2.05, 4.69) is 46.6 Å². The van der Waals surface area contributed by atoms with Gasteiger partial charge < -0.3 is 10.0 Å². The van der Waals surface area contributed by atoms with E-state index in [1.165, 1.54) is 0 Å². The molecule has 0 heterocycles. The van der Waals surface area contributed by atoms with Gasteiger partial charge in [0.2, 0.25) is 0 Å². The van der Waals surface area contributed by atoms with Gasteiger partial charge in [-0.3, -0.25) is 0 Å². The minimum absolute atomic E-state index is 0.0136. The molecule has 0 aromatic heterocycles. The second-order valence-electron chi connectivity index (χ2n) is 5.29. The van der Waals surface area contributed by atoms with Crippen molar-refractivity contribution in [1.82, 2.24) is 4.90 Å². The van der Waals surface area contributed by atoms with E-state index in [1.807, 2.05) is 0 Å². The molecule has 0 aromatic rings. The van der Waals surface area contributed by atoms with Gasteiger partial charge in [0.05, 0.1) is 6.10 Å². The highest BCUT2D eigenvalue weighted by atomic mass is 16.3. The summed E-state index contributed by atoms with van der Waals surface area (Å²) in [6.45, 7) is 11.4. The number of hydrogen-bond donors (Lipinski definition) is 1. The maximum absolute atomic E-state index is 9.95. The molecule has 2 heteroatoms. The summed E-state index contributed by atoms with van der Waals surface area (Å²) in [5.41, 5.74) is -0.0136. The lowest BCUT2D eigenvalue weighted by molar-refractivity contribution is 0.0233. The van der Waals surface area contributed by atoms with Gasteiger partial charge in [-0.1, -0.05) is 34.6 Å². The highest BCUT2D eigenvalue weighted by Gasteiger charge is 2.24. The average molecular weight is 201 g/mol. The van der Waals surface area contributed by atoms with Crippen LogP contribution >= 0.6 is 0 Å². The fraction of sp³-hybridized carbons (Fsp3) is 1.00. The molecule has 0 saturated heterocycles. The van der Waals surface area contributed by atoms with E-state index in [-0.39, 0.29) is 11.5 Å². The summed E-state index contributed by atoms with van der Waals surface area (Å²) in [5.74, 6) is 0. The standard InChI is InChI=1S/C12H27NO/c1-7-10(8-2)13(6)9-11(14)12(3,4)5/h10-11,14H,7-9H2,1-6H3. The first-order valence-corrected chi connectivity index (χ1v) is 5.71. The first kappa shape index (κ1) is 13.9. The van der Waals surface area contributed by atoms with E-state index in [0.29, 0.717) is 6.04 Å². The Bertz CT molecular complexity index is 147. The molecule has 1 unspecified atom stereocenters. The van der Waals surface area contributed by atoms with Crippen molar-refractivity contribution in [3.05, 3.63) is 0 Å². The molecule has 0 aliphatic carbocycles. The second kappa shape index (κ2) is 5.72. The summed E-state index contributed by atoms with van der Waals surface area (Å²) in [6.07, 6.45) is 2.07. The Labute approximate surface area is 89.3 Å². The third-order valence-electron chi connectivity index (χ3n) is 3.03. The molecule has 0 aliphatic rings. The largest absolute Gasteiger partial charge is 0.391 e. The summed E-state index contributed by atoms with van der Waals surface area (Å²) >= 11 is 0. The molecule has 1 N–H and O–H groups in total. The number of aliphatic hydroxyl groups is 1. The van der Waals surface area contributed by atoms with Crippen LogP contribution in [0.15, 0.2) is 0 Å². The topological polar surface area (TPSA) is 23.5 Å². The molecule has 0 radical (unpaired) electrons. The van der Waals surface area contributed by atoms with Crippen molar-refractivity contribution in [2.24, 2.45) is 5.41 Å². The molecule has 0 saturated carbocycles. The van der Waals surface area contributed by atoms with Gasteiger partial charge in [-0.05, 0) is 25.3 Å². The molecule has 0 amide bonds. The normalized spacial score (nSPS) is 15.2. The third-order valence-corrected chi connectivity index (χ3v) is 3.03. The molecular formula is C12H27NO. The molecule has 86 valence electrons. The zero-order chi connectivity index (χ0) is 11.4. The first-order valence-electron chi connectivity index (χ1n) is 5.71. The molecule has 0 spiro atoms. The Morgan fingerprint density at radius 1 is 1.14 bits per heavy atom. The predicted octanol–water partition coefficient (Wildman–Crippen LogP) is 2.51. The van der Waals surface area contributed by atoms with Crippen LogP contribution in [-0.4, -0.2) is 35.7 Å². The smallest absolute Gasteiger partial charge is 0.0715 e. The SMILES string of the molecule is CCC(CC)N(C)CC(O)C(C)(C)C. The molecule has 0 rings (SSSR count). The zero-order valence-electron chi connectivity index (χ0n) is 10.7. The van der Waals surface area contributed by atoms with E-state index in [1.54, 1.807) is 0 Å². The quantitative estimate of drug-likeness (QED) is 0.739. The van der Waals surface area contributed by atoms with Gasteiger partial charge in [-0.25, -0.2) is 0 Å². The maximum atomic E-state index is 9.95. The summed E-state index contributed by atoms with van der Waals surface area (Å²) in [6, 6.07) is 0.604. The van der Waals surface area contributed by atoms with E-state index in [9.17, 15) is 5.11 Å². The van der Waals surface area contributed by atoms with Gasteiger partial charge in [0.15, 0.2) is 0 Å². The Hall–Kier alpha value is -0.0800. The second-order valence-corrected chi connectivity index (χ2v) is 5.29. The first-order chi connectivity index (χ1) is 6.32. The average Bonchev–Trinajstić information content (AvgIpc) is 2.04. The highest BCUT2D eigenvalue weighted by molar-refractivity contribution is 4.77. The minimum Gasteiger partial charge on any atom is -0.391 e. The number of rotatable bonds is 5. The Morgan fingerprint density at radius 2 is 1.57 bits per heavy atom. The molecule has 0 aliphatic heterocycles. The number of nitrogens with zero attached hydrogens (tertiary/aromatic N) is 1. The number of aliphatic hydroxyl groups excluding tert-OH is 1. The van der Waals surface area contributed by atoms with Crippen molar-refractivity contribution in [2.75, 3.05) is 13.6 Å². The van der Waals surface area contributed by atoms with E-state index < -0.39 is 0 Å². The zero-order valence-corrected chi connectivity index (χ0v) is 10.7. The molecular weight excluding hydrogens is 174 g/mol. The van der Waals surface area contributed by atoms with Gasteiger partial charge >= 0.3 is 0 Å². The molecule has 14 heavy (non-hydrogen) atoms. The monoisotopic (exact) mass is 201 g/mol. The fourth-order valence-corrected chi connectivity index (χ4v) is 1.61. The number of hydrogen-bond acceptors (Lipinski definition) is 2. The lowest BCUT2D eigenvalue weighted by atomic mass is 9.88. The lowest BCUT2D eigenvalue weighted by Gasteiger charge is -2.33. The lowest BCUT2D eigenvalue weighted by Crippen LogP contribution is -2.42. The van der Waals surface area contributed by atoms with Gasteiger partial charge in [-0.15, -0.1) is 0 Å². The van der Waals surface area contributed by atoms with E-state index >= 15 is 0 Å². The van der Waals surface area contributed by atoms with Crippen LogP contribution in [0.25, 0.3) is 0 Å². The van der Waals surface area contributed by atoms with Crippen LogP contribution in [0.3, 0.4) is 0 Å². The highest BCUT2D eigenvalue weighted by Crippen LogP contribution is 2.20. The van der Waals surface area contributed by atoms with Crippen molar-refractivity contribution < 1.29 is 5.11 Å². The Kier molecular flexibility index (Phi) is 5.68. The van der Waals surface area contributed by atoms with Crippen LogP contribution in [0.2, 0.25) is 0 Å². The van der Waals surface area contributed by atoms with Gasteiger partial charge in [0.1, 0.15) is 0 Å². The van der Waals surface area contributed by atoms with Crippen LogP contribution in [0.5, 0.6) is 0 Å². The summed E-state index contributed by atoms with van der Waals surface area (Å²) in [4.78, 5) is 2.27. The molecule has 1 atom stereocenters. The van der Waals surface area contributed by atoms with Crippen LogP contribution in [0.4, 0.5) is 0 Å². The summed E-state index contributed by atoms with van der Waals surface area (Å²) in [5, 5.41) is 9.95. The minimum atomic E-state index is -0.243. The fourth-order valence-electron chi connectivity index (χ4n) is 1.61. The van der Waals surface area contributed by atoms with Crippen LogP contribution in [0.1, 0.15) is 47.5 Å². The van der Waals surface area contributed by atoms with Crippen molar-refractivity contribution in [1.29, 1.82) is 0 Å². The van der Waals surface area contributed by atoms with Crippen molar-refractivity contribution in [3.63, 3.8) is 0 Å². The number of likely N-dealkylation sites (N-methyl/N-ethyl adjacent to an activating group) is 1. The van der Waals surface area contributed by atoms with Crippen LogP contribution in [0, 0.1) is 5.41 Å². The van der Waals surface area contributed by atoms with Gasteiger partial charge in [0, 0.05) is 12.6 Å². The third kappa shape index (κ3) is 4.43. The molecule has 2 nitrogen and oxygen atoms in total. The molecule has 0 bridgehead atoms. The van der Waals surface area contributed by atoms with E-state index in [0.717, 1.165) is 19.4 Å². The van der Waals surface area contributed by atoms with Crippen molar-refractivity contribution in [3.8, 4) is 0 Å². The van der Waals surface area contributed by atoms with Gasteiger partial charge in [0.25, 0.3) is 0 Å². The summed E-state index contributed by atoms with van der Waals surface area (Å²) < 4.78 is 0. The maximum Gasteiger partial charge on any atom is 0.0715 e. The van der Waals surface area contributed by atoms with Crippen molar-refractivity contribution >= 4 is 0 Å². The van der Waals surface area contributed by atoms with Crippen molar-refractivity contribution in [2.45, 2.75) is 59.6 Å². The predicted molar refractivity (Wildman–Crippen MR) is 62.5 cm³/mol.